The molecule has 0 bridgehead atoms. The highest BCUT2D eigenvalue weighted by molar-refractivity contribution is 5.81. The maximum Gasteiger partial charge on any atom is 0.417 e. The summed E-state index contributed by atoms with van der Waals surface area (Å²) in [6, 6.07) is 5.32. The molecule has 2 nitrogen and oxygen atoms in total. The fourth-order valence-corrected chi connectivity index (χ4v) is 2.03. The Morgan fingerprint density at radius 2 is 1.83 bits per heavy atom. The summed E-state index contributed by atoms with van der Waals surface area (Å²) < 4.78 is 38.0. The second-order valence-corrected chi connectivity index (χ2v) is 4.33. The Labute approximate surface area is 103 Å². The first-order valence-corrected chi connectivity index (χ1v) is 5.93. The Morgan fingerprint density at radius 3 is 2.50 bits per heavy atom. The standard InChI is InChI=1S/C13H14F3NO/c14-13(15,16)12-8-4-1-5-10(12)9-17-18-11-6-2-3-7-11/h1,4-5,8-9,11H,2-3,6-7H2. The van der Waals surface area contributed by atoms with E-state index in [1.165, 1.54) is 12.1 Å². The van der Waals surface area contributed by atoms with Crippen molar-refractivity contribution >= 4 is 6.21 Å². The molecule has 1 aliphatic carbocycles. The summed E-state index contributed by atoms with van der Waals surface area (Å²) in [5, 5.41) is 3.67. The Kier molecular flexibility index (Phi) is 3.89. The quantitative estimate of drug-likeness (QED) is 0.592. The third-order valence-corrected chi connectivity index (χ3v) is 2.97. The normalized spacial score (nSPS) is 17.5. The lowest BCUT2D eigenvalue weighted by atomic mass is 10.1. The first-order valence-electron chi connectivity index (χ1n) is 5.93. The lowest BCUT2D eigenvalue weighted by Gasteiger charge is -2.10. The second-order valence-electron chi connectivity index (χ2n) is 4.33. The SMILES string of the molecule is FC(F)(F)c1ccccc1C=NOC1CCCC1. The highest BCUT2D eigenvalue weighted by Gasteiger charge is 2.32. The van der Waals surface area contributed by atoms with Crippen LogP contribution in [0.25, 0.3) is 0 Å². The summed E-state index contributed by atoms with van der Waals surface area (Å²) in [5.41, 5.74) is -0.660. The minimum atomic E-state index is -4.37. The van der Waals surface area contributed by atoms with Crippen molar-refractivity contribution in [1.29, 1.82) is 0 Å². The van der Waals surface area contributed by atoms with Crippen molar-refractivity contribution < 1.29 is 18.0 Å². The van der Waals surface area contributed by atoms with E-state index in [-0.39, 0.29) is 11.7 Å². The van der Waals surface area contributed by atoms with Gasteiger partial charge in [0.15, 0.2) is 0 Å². The maximum atomic E-state index is 12.7. The van der Waals surface area contributed by atoms with Gasteiger partial charge < -0.3 is 4.84 Å². The number of nitrogens with zero attached hydrogens (tertiary/aromatic N) is 1. The van der Waals surface area contributed by atoms with Crippen LogP contribution in [0.15, 0.2) is 29.4 Å². The zero-order valence-corrected chi connectivity index (χ0v) is 9.78. The molecule has 0 aromatic heterocycles. The highest BCUT2D eigenvalue weighted by atomic mass is 19.4. The molecule has 1 aliphatic rings. The average molecular weight is 257 g/mol. The van der Waals surface area contributed by atoms with Crippen molar-refractivity contribution in [3.05, 3.63) is 35.4 Å². The summed E-state index contributed by atoms with van der Waals surface area (Å²) >= 11 is 0. The highest BCUT2D eigenvalue weighted by Crippen LogP contribution is 2.31. The molecular formula is C13H14F3NO. The van der Waals surface area contributed by atoms with E-state index < -0.39 is 11.7 Å². The van der Waals surface area contributed by atoms with E-state index in [4.69, 9.17) is 4.84 Å². The van der Waals surface area contributed by atoms with Gasteiger partial charge >= 0.3 is 6.18 Å². The van der Waals surface area contributed by atoms with Crippen molar-refractivity contribution in [2.24, 2.45) is 5.16 Å². The van der Waals surface area contributed by atoms with E-state index in [0.717, 1.165) is 38.0 Å². The Bertz CT molecular complexity index is 422. The van der Waals surface area contributed by atoms with Crippen LogP contribution in [-0.4, -0.2) is 12.3 Å². The molecule has 1 aromatic carbocycles. The molecular weight excluding hydrogens is 243 g/mol. The molecule has 5 heteroatoms. The van der Waals surface area contributed by atoms with Gasteiger partial charge in [0.05, 0.1) is 11.8 Å². The molecule has 0 heterocycles. The first-order chi connectivity index (χ1) is 8.57. The van der Waals surface area contributed by atoms with Crippen molar-refractivity contribution in [1.82, 2.24) is 0 Å². The minimum absolute atomic E-state index is 0.0306. The summed E-state index contributed by atoms with van der Waals surface area (Å²) in [6.45, 7) is 0. The Balaban J connectivity index is 2.06. The number of rotatable bonds is 3. The molecule has 1 aromatic rings. The molecule has 1 saturated carbocycles. The Hall–Kier alpha value is -1.52. The van der Waals surface area contributed by atoms with Crippen molar-refractivity contribution in [2.75, 3.05) is 0 Å². The van der Waals surface area contributed by atoms with Crippen molar-refractivity contribution in [3.63, 3.8) is 0 Å². The van der Waals surface area contributed by atoms with Crippen LogP contribution < -0.4 is 0 Å². The van der Waals surface area contributed by atoms with E-state index in [2.05, 4.69) is 5.16 Å². The van der Waals surface area contributed by atoms with Gasteiger partial charge in [-0.05, 0) is 31.7 Å². The molecule has 2 rings (SSSR count). The fraction of sp³-hybridized carbons (Fsp3) is 0.462. The number of halogens is 3. The molecule has 0 saturated heterocycles. The molecule has 1 fully saturated rings. The topological polar surface area (TPSA) is 21.6 Å². The van der Waals surface area contributed by atoms with Gasteiger partial charge in [-0.25, -0.2) is 0 Å². The number of alkyl halides is 3. The van der Waals surface area contributed by atoms with Crippen LogP contribution in [0.5, 0.6) is 0 Å². The lowest BCUT2D eigenvalue weighted by molar-refractivity contribution is -0.137. The van der Waals surface area contributed by atoms with Gasteiger partial charge in [-0.3, -0.25) is 0 Å². The van der Waals surface area contributed by atoms with Crippen LogP contribution >= 0.6 is 0 Å². The zero-order chi connectivity index (χ0) is 13.0. The number of hydrogen-bond acceptors (Lipinski definition) is 2. The molecule has 0 atom stereocenters. The van der Waals surface area contributed by atoms with E-state index in [9.17, 15) is 13.2 Å². The van der Waals surface area contributed by atoms with Gasteiger partial charge in [-0.2, -0.15) is 13.2 Å². The van der Waals surface area contributed by atoms with Gasteiger partial charge in [0.2, 0.25) is 0 Å². The third kappa shape index (κ3) is 3.24. The van der Waals surface area contributed by atoms with Crippen LogP contribution in [0.4, 0.5) is 13.2 Å². The predicted molar refractivity (Wildman–Crippen MR) is 62.4 cm³/mol. The van der Waals surface area contributed by atoms with E-state index in [1.807, 2.05) is 0 Å². The monoisotopic (exact) mass is 257 g/mol. The van der Waals surface area contributed by atoms with Crippen molar-refractivity contribution in [2.45, 2.75) is 38.0 Å². The third-order valence-electron chi connectivity index (χ3n) is 2.97. The number of oxime groups is 1. The van der Waals surface area contributed by atoms with Crippen molar-refractivity contribution in [3.8, 4) is 0 Å². The fourth-order valence-electron chi connectivity index (χ4n) is 2.03. The number of benzene rings is 1. The maximum absolute atomic E-state index is 12.7. The molecule has 98 valence electrons. The average Bonchev–Trinajstić information content (AvgIpc) is 2.81. The largest absolute Gasteiger partial charge is 0.417 e. The van der Waals surface area contributed by atoms with Gasteiger partial charge in [0, 0.05) is 5.56 Å². The molecule has 0 aliphatic heterocycles. The summed E-state index contributed by atoms with van der Waals surface area (Å²) in [5.74, 6) is 0. The van der Waals surface area contributed by atoms with Crippen LogP contribution in [0.3, 0.4) is 0 Å². The van der Waals surface area contributed by atoms with Gasteiger partial charge in [-0.15, -0.1) is 0 Å². The second kappa shape index (κ2) is 5.42. The molecule has 0 unspecified atom stereocenters. The minimum Gasteiger partial charge on any atom is -0.393 e. The Morgan fingerprint density at radius 1 is 1.17 bits per heavy atom. The summed E-state index contributed by atoms with van der Waals surface area (Å²) in [7, 11) is 0. The lowest BCUT2D eigenvalue weighted by Crippen LogP contribution is -2.09. The van der Waals surface area contributed by atoms with Gasteiger partial charge in [-0.1, -0.05) is 23.4 Å². The van der Waals surface area contributed by atoms with Crippen LogP contribution in [-0.2, 0) is 11.0 Å². The predicted octanol–water partition coefficient (Wildman–Crippen LogP) is 4.00. The van der Waals surface area contributed by atoms with Gasteiger partial charge in [0.1, 0.15) is 6.10 Å². The smallest absolute Gasteiger partial charge is 0.393 e. The molecule has 0 amide bonds. The molecule has 0 spiro atoms. The molecule has 0 radical (unpaired) electrons. The first kappa shape index (κ1) is 12.9. The van der Waals surface area contributed by atoms with Gasteiger partial charge in [0.25, 0.3) is 0 Å². The van der Waals surface area contributed by atoms with E-state index >= 15 is 0 Å². The van der Waals surface area contributed by atoms with E-state index in [1.54, 1.807) is 6.07 Å². The summed E-state index contributed by atoms with van der Waals surface area (Å²) in [4.78, 5) is 5.18. The molecule has 0 N–H and O–H groups in total. The molecule has 18 heavy (non-hydrogen) atoms. The van der Waals surface area contributed by atoms with E-state index in [0.29, 0.717) is 0 Å². The van der Waals surface area contributed by atoms with Crippen LogP contribution in [0.2, 0.25) is 0 Å². The number of hydrogen-bond donors (Lipinski definition) is 0. The zero-order valence-electron chi connectivity index (χ0n) is 9.78. The van der Waals surface area contributed by atoms with Crippen LogP contribution in [0.1, 0.15) is 36.8 Å². The summed E-state index contributed by atoms with van der Waals surface area (Å²) in [6.07, 6.45) is 0.881. The van der Waals surface area contributed by atoms with Crippen LogP contribution in [0, 0.1) is 0 Å².